The molecule has 96 valence electrons. The van der Waals surface area contributed by atoms with E-state index >= 15 is 0 Å². The number of carbonyl (C=O) groups excluding carboxylic acids is 1. The van der Waals surface area contributed by atoms with Gasteiger partial charge in [0.05, 0.1) is 11.5 Å². The minimum atomic E-state index is -0.623. The minimum absolute atomic E-state index is 0.109. The zero-order valence-electron chi connectivity index (χ0n) is 9.54. The minimum Gasteiger partial charge on any atom is -0.369 e. The molecule has 1 heterocycles. The van der Waals surface area contributed by atoms with Crippen LogP contribution in [0.25, 0.3) is 0 Å². The number of nitro groups is 1. The molecule has 1 aromatic rings. The molecule has 0 atom stereocenters. The molecule has 0 bridgehead atoms. The second kappa shape index (κ2) is 6.70. The van der Waals surface area contributed by atoms with Gasteiger partial charge in [-0.1, -0.05) is 6.07 Å². The number of nitrogens with zero attached hydrogens (tertiary/aromatic N) is 3. The van der Waals surface area contributed by atoms with Crippen LogP contribution in [-0.4, -0.2) is 28.3 Å². The van der Waals surface area contributed by atoms with Crippen LogP contribution in [0.2, 0.25) is 0 Å². The maximum Gasteiger partial charge on any atom is 0.274 e. The molecule has 1 aromatic heterocycles. The van der Waals surface area contributed by atoms with E-state index < -0.39 is 4.92 Å². The Morgan fingerprint density at radius 3 is 2.83 bits per heavy atom. The van der Waals surface area contributed by atoms with Crippen molar-refractivity contribution >= 4 is 22.3 Å². The number of rotatable bonds is 6. The van der Waals surface area contributed by atoms with Gasteiger partial charge in [0, 0.05) is 13.2 Å². The highest BCUT2D eigenvalue weighted by Gasteiger charge is 2.11. The zero-order valence-corrected chi connectivity index (χ0v) is 11.1. The van der Waals surface area contributed by atoms with Crippen LogP contribution in [-0.2, 0) is 11.3 Å². The van der Waals surface area contributed by atoms with Gasteiger partial charge in [-0.05, 0) is 27.6 Å². The fourth-order valence-corrected chi connectivity index (χ4v) is 1.49. The van der Waals surface area contributed by atoms with E-state index in [4.69, 9.17) is 0 Å². The number of pyridine rings is 1. The molecule has 0 radical (unpaired) electrons. The lowest BCUT2D eigenvalue weighted by Crippen LogP contribution is -2.29. The second-order valence-electron chi connectivity index (χ2n) is 3.27. The van der Waals surface area contributed by atoms with Crippen molar-refractivity contribution in [3.05, 3.63) is 50.6 Å². The van der Waals surface area contributed by atoms with Crippen LogP contribution in [0.3, 0.4) is 0 Å². The Hall–Kier alpha value is -1.96. The van der Waals surface area contributed by atoms with Gasteiger partial charge in [0.2, 0.25) is 6.41 Å². The summed E-state index contributed by atoms with van der Waals surface area (Å²) >= 11 is 3.20. The highest BCUT2D eigenvalue weighted by Crippen LogP contribution is 2.10. The van der Waals surface area contributed by atoms with E-state index in [9.17, 15) is 14.9 Å². The molecule has 0 saturated heterocycles. The molecule has 18 heavy (non-hydrogen) atoms. The highest BCUT2D eigenvalue weighted by atomic mass is 79.9. The molecule has 1 N–H and O–H groups in total. The summed E-state index contributed by atoms with van der Waals surface area (Å²) in [5.41, 5.74) is 0.759. The highest BCUT2D eigenvalue weighted by molar-refractivity contribution is 9.10. The van der Waals surface area contributed by atoms with Crippen LogP contribution in [0.1, 0.15) is 5.56 Å². The Morgan fingerprint density at radius 2 is 2.39 bits per heavy atom. The van der Waals surface area contributed by atoms with Crippen molar-refractivity contribution < 1.29 is 9.72 Å². The summed E-state index contributed by atoms with van der Waals surface area (Å²) < 4.78 is 0.679. The first kappa shape index (κ1) is 14.1. The summed E-state index contributed by atoms with van der Waals surface area (Å²) in [5, 5.41) is 13.0. The van der Waals surface area contributed by atoms with Crippen LogP contribution >= 0.6 is 15.9 Å². The van der Waals surface area contributed by atoms with Crippen molar-refractivity contribution in [1.29, 1.82) is 0 Å². The summed E-state index contributed by atoms with van der Waals surface area (Å²) in [6.45, 7) is 0.199. The quantitative estimate of drug-likeness (QED) is 0.367. The van der Waals surface area contributed by atoms with Crippen molar-refractivity contribution in [3.63, 3.8) is 0 Å². The van der Waals surface area contributed by atoms with Gasteiger partial charge >= 0.3 is 0 Å². The predicted octanol–water partition coefficient (Wildman–Crippen LogP) is 1.10. The van der Waals surface area contributed by atoms with Crippen molar-refractivity contribution in [2.24, 2.45) is 0 Å². The van der Waals surface area contributed by atoms with Gasteiger partial charge in [-0.15, -0.1) is 0 Å². The van der Waals surface area contributed by atoms with Gasteiger partial charge in [-0.2, -0.15) is 0 Å². The molecular weight excluding hydrogens is 304 g/mol. The van der Waals surface area contributed by atoms with Gasteiger partial charge in [0.15, 0.2) is 5.82 Å². The molecular formula is C10H11BrN4O3. The molecule has 0 aromatic carbocycles. The van der Waals surface area contributed by atoms with E-state index in [1.165, 1.54) is 11.9 Å². The maximum absolute atomic E-state index is 11.0. The summed E-state index contributed by atoms with van der Waals surface area (Å²) in [6, 6.07) is 3.50. The standard InChI is InChI=1S/C10H11BrN4O3/c1-12-10(6-15(17)18)14(7-16)5-8-2-3-9(11)13-4-8/h2-4,6-7,12H,5H2,1H3/b10-6-. The van der Waals surface area contributed by atoms with Crippen LogP contribution in [0, 0.1) is 10.1 Å². The SMILES string of the molecule is CN/C(=C/[N+](=O)[O-])N(C=O)Cc1ccc(Br)nc1. The Balaban J connectivity index is 2.86. The molecule has 0 aliphatic carbocycles. The van der Waals surface area contributed by atoms with E-state index in [2.05, 4.69) is 26.2 Å². The number of hydrogen-bond acceptors (Lipinski definition) is 5. The lowest BCUT2D eigenvalue weighted by atomic mass is 10.3. The fraction of sp³-hybridized carbons (Fsp3) is 0.200. The van der Waals surface area contributed by atoms with E-state index in [-0.39, 0.29) is 12.4 Å². The third-order valence-electron chi connectivity index (χ3n) is 2.06. The van der Waals surface area contributed by atoms with Crippen LogP contribution in [0.4, 0.5) is 0 Å². The Kier molecular flexibility index (Phi) is 5.25. The van der Waals surface area contributed by atoms with E-state index in [0.29, 0.717) is 11.0 Å². The largest absolute Gasteiger partial charge is 0.369 e. The summed E-state index contributed by atoms with van der Waals surface area (Å²) in [5.74, 6) is 0.109. The molecule has 1 rings (SSSR count). The van der Waals surface area contributed by atoms with Crippen LogP contribution < -0.4 is 5.32 Å². The topological polar surface area (TPSA) is 88.4 Å². The van der Waals surface area contributed by atoms with Crippen molar-refractivity contribution in [3.8, 4) is 0 Å². The number of carbonyl (C=O) groups is 1. The molecule has 0 fully saturated rings. The molecule has 1 amide bonds. The molecule has 0 unspecified atom stereocenters. The third-order valence-corrected chi connectivity index (χ3v) is 2.53. The van der Waals surface area contributed by atoms with Crippen molar-refractivity contribution in [1.82, 2.24) is 15.2 Å². The Morgan fingerprint density at radius 1 is 1.67 bits per heavy atom. The lowest BCUT2D eigenvalue weighted by Gasteiger charge is -2.18. The van der Waals surface area contributed by atoms with Crippen LogP contribution in [0.5, 0.6) is 0 Å². The number of nitrogens with one attached hydrogen (secondary N) is 1. The summed E-state index contributed by atoms with van der Waals surface area (Å²) in [7, 11) is 1.51. The first-order valence-electron chi connectivity index (χ1n) is 4.92. The lowest BCUT2D eigenvalue weighted by molar-refractivity contribution is -0.404. The van der Waals surface area contributed by atoms with Gasteiger partial charge in [-0.3, -0.25) is 19.8 Å². The van der Waals surface area contributed by atoms with Gasteiger partial charge in [0.25, 0.3) is 6.20 Å². The number of hydrogen-bond donors (Lipinski definition) is 1. The van der Waals surface area contributed by atoms with Gasteiger partial charge < -0.3 is 5.32 Å². The second-order valence-corrected chi connectivity index (χ2v) is 4.08. The van der Waals surface area contributed by atoms with Gasteiger partial charge in [-0.25, -0.2) is 4.98 Å². The number of aromatic nitrogens is 1. The summed E-state index contributed by atoms with van der Waals surface area (Å²) in [4.78, 5) is 25.9. The summed E-state index contributed by atoms with van der Waals surface area (Å²) in [6.07, 6.45) is 2.84. The van der Waals surface area contributed by atoms with Crippen molar-refractivity contribution in [2.75, 3.05) is 7.05 Å². The molecule has 0 spiro atoms. The monoisotopic (exact) mass is 314 g/mol. The molecule has 0 saturated carbocycles. The average Bonchev–Trinajstić information content (AvgIpc) is 2.35. The predicted molar refractivity (Wildman–Crippen MR) is 67.7 cm³/mol. The fourth-order valence-electron chi connectivity index (χ4n) is 1.26. The first-order chi connectivity index (χ1) is 8.56. The zero-order chi connectivity index (χ0) is 13.5. The number of halogens is 1. The van der Waals surface area contributed by atoms with Gasteiger partial charge in [0.1, 0.15) is 4.60 Å². The average molecular weight is 315 g/mol. The molecule has 7 nitrogen and oxygen atoms in total. The smallest absolute Gasteiger partial charge is 0.274 e. The van der Waals surface area contributed by atoms with E-state index in [1.54, 1.807) is 18.3 Å². The Labute approximate surface area is 112 Å². The Bertz CT molecular complexity index is 461. The molecule has 0 aliphatic rings. The first-order valence-corrected chi connectivity index (χ1v) is 5.71. The maximum atomic E-state index is 11.0. The number of amides is 1. The normalized spacial score (nSPS) is 10.9. The van der Waals surface area contributed by atoms with Crippen LogP contribution in [0.15, 0.2) is 35.0 Å². The van der Waals surface area contributed by atoms with E-state index in [1.807, 2.05) is 0 Å². The van der Waals surface area contributed by atoms with Crippen molar-refractivity contribution in [2.45, 2.75) is 6.54 Å². The molecule has 0 aliphatic heterocycles. The van der Waals surface area contributed by atoms with E-state index in [0.717, 1.165) is 11.8 Å². The third kappa shape index (κ3) is 4.13. The molecule has 8 heteroatoms.